The second-order valence-electron chi connectivity index (χ2n) is 5.08. The lowest BCUT2D eigenvalue weighted by Gasteiger charge is -2.34. The molecule has 1 aromatic heterocycles. The number of aliphatic carboxylic acids is 1. The molecule has 116 valence electrons. The summed E-state index contributed by atoms with van der Waals surface area (Å²) in [5, 5.41) is 8.95. The van der Waals surface area contributed by atoms with E-state index in [1.807, 2.05) is 0 Å². The zero-order valence-corrected chi connectivity index (χ0v) is 11.6. The van der Waals surface area contributed by atoms with E-state index in [0.717, 1.165) is 6.07 Å². The quantitative estimate of drug-likeness (QED) is 0.882. The van der Waals surface area contributed by atoms with Crippen LogP contribution in [0, 0.1) is 5.82 Å². The minimum atomic E-state index is -1.02. The van der Waals surface area contributed by atoms with Crippen LogP contribution in [0.5, 0.6) is 0 Å². The zero-order chi connectivity index (χ0) is 15.7. The van der Waals surface area contributed by atoms with E-state index >= 15 is 0 Å². The van der Waals surface area contributed by atoms with Crippen molar-refractivity contribution in [3.05, 3.63) is 29.8 Å². The van der Waals surface area contributed by atoms with Crippen molar-refractivity contribution in [2.45, 2.75) is 12.5 Å². The molecule has 2 N–H and O–H groups in total. The number of rotatable bonds is 3. The lowest BCUT2D eigenvalue weighted by molar-refractivity contribution is -0.139. The fraction of sp³-hybridized carbons (Fsp3) is 0.357. The molecular weight excluding hydrogens is 293 g/mol. The number of carboxylic acid groups (broad SMARTS) is 1. The number of halogens is 1. The molecule has 1 aliphatic heterocycles. The first-order valence-corrected chi connectivity index (χ1v) is 6.79. The summed E-state index contributed by atoms with van der Waals surface area (Å²) in [5.41, 5.74) is 0.909. The number of amides is 1. The third-order valence-electron chi connectivity index (χ3n) is 3.62. The molecule has 1 atom stereocenters. The van der Waals surface area contributed by atoms with Gasteiger partial charge in [-0.1, -0.05) is 0 Å². The molecule has 1 aromatic carbocycles. The Bertz CT molecular complexity index is 730. The van der Waals surface area contributed by atoms with E-state index in [9.17, 15) is 14.0 Å². The third kappa shape index (κ3) is 2.64. The van der Waals surface area contributed by atoms with Crippen molar-refractivity contribution >= 4 is 22.9 Å². The minimum Gasteiger partial charge on any atom is -0.481 e. The molecule has 1 unspecified atom stereocenters. The molecule has 22 heavy (non-hydrogen) atoms. The van der Waals surface area contributed by atoms with Crippen LogP contribution in [0.3, 0.4) is 0 Å². The highest BCUT2D eigenvalue weighted by molar-refractivity contribution is 6.05. The summed E-state index contributed by atoms with van der Waals surface area (Å²) in [7, 11) is 0. The number of benzene rings is 1. The van der Waals surface area contributed by atoms with Crippen LogP contribution in [0.1, 0.15) is 16.8 Å². The number of carbonyl (C=O) groups is 2. The van der Waals surface area contributed by atoms with E-state index in [1.54, 1.807) is 0 Å². The minimum absolute atomic E-state index is 0.119. The molecule has 2 heterocycles. The van der Waals surface area contributed by atoms with Crippen LogP contribution in [-0.4, -0.2) is 57.7 Å². The molecule has 0 spiro atoms. The van der Waals surface area contributed by atoms with E-state index < -0.39 is 23.7 Å². The topological polar surface area (TPSA) is 95.5 Å². The smallest absolute Gasteiger partial charge is 0.305 e. The first kappa shape index (κ1) is 14.5. The van der Waals surface area contributed by atoms with Crippen molar-refractivity contribution < 1.29 is 23.8 Å². The molecule has 0 radical (unpaired) electrons. The van der Waals surface area contributed by atoms with Gasteiger partial charge in [0.05, 0.1) is 43.1 Å². The number of hydrogen-bond acceptors (Lipinski definition) is 4. The second-order valence-corrected chi connectivity index (χ2v) is 5.08. The van der Waals surface area contributed by atoms with Crippen molar-refractivity contribution in [1.29, 1.82) is 0 Å². The van der Waals surface area contributed by atoms with Gasteiger partial charge in [-0.15, -0.1) is 0 Å². The van der Waals surface area contributed by atoms with E-state index in [2.05, 4.69) is 9.97 Å². The largest absolute Gasteiger partial charge is 0.481 e. The number of H-pyrrole nitrogens is 1. The summed E-state index contributed by atoms with van der Waals surface area (Å²) in [6.45, 7) is 0.733. The van der Waals surface area contributed by atoms with Crippen LogP contribution in [-0.2, 0) is 9.53 Å². The highest BCUT2D eigenvalue weighted by Gasteiger charge is 2.31. The Kier molecular flexibility index (Phi) is 3.76. The van der Waals surface area contributed by atoms with Crippen LogP contribution in [0.2, 0.25) is 0 Å². The predicted molar refractivity (Wildman–Crippen MR) is 73.9 cm³/mol. The average molecular weight is 307 g/mol. The van der Waals surface area contributed by atoms with Gasteiger partial charge >= 0.3 is 5.97 Å². The first-order chi connectivity index (χ1) is 10.6. The second kappa shape index (κ2) is 5.72. The molecular formula is C14H14FN3O4. The maximum absolute atomic E-state index is 13.7. The van der Waals surface area contributed by atoms with Gasteiger partial charge < -0.3 is 19.7 Å². The van der Waals surface area contributed by atoms with Crippen LogP contribution >= 0.6 is 0 Å². The lowest BCUT2D eigenvalue weighted by Crippen LogP contribution is -2.49. The summed E-state index contributed by atoms with van der Waals surface area (Å²) in [6, 6.07) is 1.81. The van der Waals surface area contributed by atoms with Gasteiger partial charge in [0.1, 0.15) is 11.3 Å². The van der Waals surface area contributed by atoms with E-state index in [-0.39, 0.29) is 25.1 Å². The molecule has 7 nitrogen and oxygen atoms in total. The standard InChI is InChI=1S/C14H14FN3O4/c15-8-3-10(13-11(4-8)16-7-17-13)14(21)18-1-2-22-6-9(18)5-12(19)20/h3-4,7,9H,1-2,5-6H2,(H,16,17)(H,19,20). The number of aromatic amines is 1. The molecule has 1 saturated heterocycles. The number of nitrogens with one attached hydrogen (secondary N) is 1. The highest BCUT2D eigenvalue weighted by Crippen LogP contribution is 2.22. The molecule has 2 aromatic rings. The molecule has 0 aliphatic carbocycles. The Hall–Kier alpha value is -2.48. The highest BCUT2D eigenvalue weighted by atomic mass is 19.1. The monoisotopic (exact) mass is 307 g/mol. The number of carboxylic acids is 1. The first-order valence-electron chi connectivity index (χ1n) is 6.79. The third-order valence-corrected chi connectivity index (χ3v) is 3.62. The van der Waals surface area contributed by atoms with E-state index in [4.69, 9.17) is 9.84 Å². The van der Waals surface area contributed by atoms with Crippen LogP contribution in [0.15, 0.2) is 18.5 Å². The Balaban J connectivity index is 1.96. The van der Waals surface area contributed by atoms with Gasteiger partial charge in [-0.25, -0.2) is 9.37 Å². The lowest BCUT2D eigenvalue weighted by atomic mass is 10.1. The maximum atomic E-state index is 13.7. The summed E-state index contributed by atoms with van der Waals surface area (Å²) in [4.78, 5) is 31.9. The van der Waals surface area contributed by atoms with Crippen molar-refractivity contribution in [3.8, 4) is 0 Å². The van der Waals surface area contributed by atoms with E-state index in [1.165, 1.54) is 17.3 Å². The Morgan fingerprint density at radius 2 is 2.32 bits per heavy atom. The molecule has 1 amide bonds. The van der Waals surface area contributed by atoms with Crippen LogP contribution in [0.25, 0.3) is 11.0 Å². The van der Waals surface area contributed by atoms with Gasteiger partial charge in [0.2, 0.25) is 0 Å². The Morgan fingerprint density at radius 3 is 3.09 bits per heavy atom. The normalized spacial score (nSPS) is 18.6. The maximum Gasteiger partial charge on any atom is 0.305 e. The van der Waals surface area contributed by atoms with E-state index in [0.29, 0.717) is 17.6 Å². The van der Waals surface area contributed by atoms with Crippen molar-refractivity contribution in [3.63, 3.8) is 0 Å². The SMILES string of the molecule is O=C(O)CC1COCCN1C(=O)c1cc(F)cc2[nH]cnc12. The fourth-order valence-electron chi connectivity index (χ4n) is 2.63. The van der Waals surface area contributed by atoms with Crippen molar-refractivity contribution in [2.24, 2.45) is 0 Å². The molecule has 3 rings (SSSR count). The van der Waals surface area contributed by atoms with Gasteiger partial charge in [-0.3, -0.25) is 9.59 Å². The molecule has 0 saturated carbocycles. The summed E-state index contributed by atoms with van der Waals surface area (Å²) < 4.78 is 18.9. The number of ether oxygens (including phenoxy) is 1. The number of hydrogen-bond donors (Lipinski definition) is 2. The Labute approximate surface area is 124 Å². The average Bonchev–Trinajstić information content (AvgIpc) is 2.93. The number of carbonyl (C=O) groups excluding carboxylic acids is 1. The molecule has 1 aliphatic rings. The number of fused-ring (bicyclic) bond motifs is 1. The number of morpholine rings is 1. The van der Waals surface area contributed by atoms with Gasteiger partial charge in [-0.2, -0.15) is 0 Å². The Morgan fingerprint density at radius 1 is 1.50 bits per heavy atom. The van der Waals surface area contributed by atoms with Gasteiger partial charge in [0.25, 0.3) is 5.91 Å². The van der Waals surface area contributed by atoms with Gasteiger partial charge in [-0.05, 0) is 12.1 Å². The van der Waals surface area contributed by atoms with Crippen LogP contribution < -0.4 is 0 Å². The van der Waals surface area contributed by atoms with Crippen molar-refractivity contribution in [2.75, 3.05) is 19.8 Å². The summed E-state index contributed by atoms with van der Waals surface area (Å²) >= 11 is 0. The summed E-state index contributed by atoms with van der Waals surface area (Å²) in [6.07, 6.45) is 1.17. The number of aromatic nitrogens is 2. The molecule has 8 heteroatoms. The number of nitrogens with zero attached hydrogens (tertiary/aromatic N) is 2. The number of imidazole rings is 1. The predicted octanol–water partition coefficient (Wildman–Crippen LogP) is 1.02. The zero-order valence-electron chi connectivity index (χ0n) is 11.6. The summed E-state index contributed by atoms with van der Waals surface area (Å²) in [5.74, 6) is -2.01. The molecule has 0 bridgehead atoms. The van der Waals surface area contributed by atoms with Crippen LogP contribution in [0.4, 0.5) is 4.39 Å². The van der Waals surface area contributed by atoms with Crippen molar-refractivity contribution in [1.82, 2.24) is 14.9 Å². The fourth-order valence-corrected chi connectivity index (χ4v) is 2.63. The van der Waals surface area contributed by atoms with Gasteiger partial charge in [0, 0.05) is 6.54 Å². The van der Waals surface area contributed by atoms with Gasteiger partial charge in [0.15, 0.2) is 0 Å². The molecule has 1 fully saturated rings.